The van der Waals surface area contributed by atoms with Gasteiger partial charge < -0.3 is 36.3 Å². The van der Waals surface area contributed by atoms with Gasteiger partial charge in [-0.2, -0.15) is 0 Å². The number of aliphatic carboxylic acids is 1. The van der Waals surface area contributed by atoms with E-state index in [0.717, 1.165) is 0 Å². The topological polar surface area (TPSA) is 191 Å². The number of phenolic OH excluding ortho intramolecular Hbond substituents is 1. The molecule has 6 N–H and O–H groups in total. The van der Waals surface area contributed by atoms with E-state index in [1.54, 1.807) is 26.0 Å². The Hall–Kier alpha value is -3.96. The third-order valence-electron chi connectivity index (χ3n) is 5.02. The first-order chi connectivity index (χ1) is 16.3. The Morgan fingerprint density at radius 3 is 1.94 bits per heavy atom. The molecule has 0 aliphatic carbocycles. The molecule has 0 aromatic heterocycles. The monoisotopic (exact) mass is 492 g/mol. The summed E-state index contributed by atoms with van der Waals surface area (Å²) in [6.07, 6.45) is 0.0263. The Morgan fingerprint density at radius 1 is 0.857 bits per heavy atom. The van der Waals surface area contributed by atoms with Gasteiger partial charge in [-0.25, -0.2) is 4.79 Å². The third-order valence-corrected chi connectivity index (χ3v) is 5.02. The molecule has 4 atom stereocenters. The van der Waals surface area contributed by atoms with Crippen LogP contribution in [-0.2, 0) is 35.2 Å². The zero-order valence-corrected chi connectivity index (χ0v) is 20.0. The average molecular weight is 493 g/mol. The molecular formula is C23H32N4O8. The van der Waals surface area contributed by atoms with Crippen molar-refractivity contribution in [2.24, 2.45) is 5.92 Å². The summed E-state index contributed by atoms with van der Waals surface area (Å²) < 4.78 is 0. The van der Waals surface area contributed by atoms with Crippen molar-refractivity contribution in [3.8, 4) is 5.75 Å². The van der Waals surface area contributed by atoms with E-state index < -0.39 is 66.1 Å². The van der Waals surface area contributed by atoms with Gasteiger partial charge in [-0.1, -0.05) is 26.0 Å². The molecule has 0 unspecified atom stereocenters. The molecule has 192 valence electrons. The molecule has 0 saturated carbocycles. The normalized spacial score (nSPS) is 14.1. The maximum absolute atomic E-state index is 12.9. The Balaban J connectivity index is 2.90. The highest BCUT2D eigenvalue weighted by molar-refractivity contribution is 5.95. The summed E-state index contributed by atoms with van der Waals surface area (Å²) >= 11 is 0. The predicted octanol–water partition coefficient (Wildman–Crippen LogP) is -0.757. The molecular weight excluding hydrogens is 460 g/mol. The van der Waals surface area contributed by atoms with E-state index in [4.69, 9.17) is 5.11 Å². The van der Waals surface area contributed by atoms with Gasteiger partial charge in [-0.05, 0) is 30.5 Å². The number of carbonyl (C=O) groups is 6. The molecule has 1 aromatic rings. The zero-order chi connectivity index (χ0) is 26.7. The molecule has 1 aromatic carbocycles. The van der Waals surface area contributed by atoms with Gasteiger partial charge in [0.2, 0.25) is 23.6 Å². The second-order valence-corrected chi connectivity index (χ2v) is 8.39. The summed E-state index contributed by atoms with van der Waals surface area (Å²) in [5.41, 5.74) is 0.663. The smallest absolute Gasteiger partial charge is 0.326 e. The maximum atomic E-state index is 12.9. The predicted molar refractivity (Wildman–Crippen MR) is 124 cm³/mol. The Labute approximate surface area is 202 Å². The first-order valence-corrected chi connectivity index (χ1v) is 11.0. The van der Waals surface area contributed by atoms with Crippen molar-refractivity contribution in [3.63, 3.8) is 0 Å². The molecule has 0 saturated heterocycles. The van der Waals surface area contributed by atoms with Crippen LogP contribution in [0.3, 0.4) is 0 Å². The van der Waals surface area contributed by atoms with Gasteiger partial charge in [0.25, 0.3) is 0 Å². The maximum Gasteiger partial charge on any atom is 0.326 e. The van der Waals surface area contributed by atoms with Gasteiger partial charge >= 0.3 is 5.97 Å². The molecule has 0 aliphatic heterocycles. The minimum atomic E-state index is -1.43. The number of carboxylic acids is 1. The molecule has 0 aliphatic rings. The summed E-state index contributed by atoms with van der Waals surface area (Å²) in [5.74, 6) is -4.34. The molecule has 0 bridgehead atoms. The average Bonchev–Trinajstić information content (AvgIpc) is 2.77. The van der Waals surface area contributed by atoms with Crippen molar-refractivity contribution in [1.82, 2.24) is 21.3 Å². The highest BCUT2D eigenvalue weighted by Gasteiger charge is 2.31. The van der Waals surface area contributed by atoms with Crippen LogP contribution in [0.15, 0.2) is 24.3 Å². The highest BCUT2D eigenvalue weighted by Crippen LogP contribution is 2.12. The number of hydrogen-bond acceptors (Lipinski definition) is 7. The number of phenols is 1. The van der Waals surface area contributed by atoms with Gasteiger partial charge in [-0.15, -0.1) is 0 Å². The number of carbonyl (C=O) groups excluding carboxylic acids is 5. The molecule has 12 nitrogen and oxygen atoms in total. The van der Waals surface area contributed by atoms with Crippen molar-refractivity contribution in [1.29, 1.82) is 0 Å². The lowest BCUT2D eigenvalue weighted by molar-refractivity contribution is -0.143. The van der Waals surface area contributed by atoms with Crippen molar-refractivity contribution < 1.29 is 39.0 Å². The number of rotatable bonds is 13. The van der Waals surface area contributed by atoms with Gasteiger partial charge in [0.05, 0.1) is 0 Å². The lowest BCUT2D eigenvalue weighted by atomic mass is 10.0. The molecule has 1 rings (SSSR count). The highest BCUT2D eigenvalue weighted by atomic mass is 16.4. The van der Waals surface area contributed by atoms with Gasteiger partial charge in [0.15, 0.2) is 0 Å². The van der Waals surface area contributed by atoms with Gasteiger partial charge in [0.1, 0.15) is 36.2 Å². The Morgan fingerprint density at radius 2 is 1.46 bits per heavy atom. The first-order valence-electron chi connectivity index (χ1n) is 11.0. The summed E-state index contributed by atoms with van der Waals surface area (Å²) in [4.78, 5) is 71.4. The molecule has 0 radical (unpaired) electrons. The van der Waals surface area contributed by atoms with Crippen molar-refractivity contribution in [2.75, 3.05) is 0 Å². The van der Waals surface area contributed by atoms with Gasteiger partial charge in [-0.3, -0.25) is 19.2 Å². The van der Waals surface area contributed by atoms with E-state index in [-0.39, 0.29) is 12.2 Å². The fraction of sp³-hybridized carbons (Fsp3) is 0.478. The number of aldehydes is 1. The number of benzene rings is 1. The SMILES string of the molecule is CC(=O)N[C@@H](Cc1ccc(O)cc1)C(=O)N[C@H](C(=O)N[C@@H](C)C(=O)N[C@@H](CC=O)C(=O)O)C(C)C. The third kappa shape index (κ3) is 9.82. The van der Waals surface area contributed by atoms with Crippen LogP contribution in [-0.4, -0.2) is 70.3 Å². The van der Waals surface area contributed by atoms with E-state index in [0.29, 0.717) is 11.8 Å². The summed E-state index contributed by atoms with van der Waals surface area (Å²) in [5, 5.41) is 28.2. The van der Waals surface area contributed by atoms with E-state index in [1.807, 2.05) is 0 Å². The Kier molecular flexibility index (Phi) is 11.4. The molecule has 12 heteroatoms. The van der Waals surface area contributed by atoms with E-state index >= 15 is 0 Å². The van der Waals surface area contributed by atoms with E-state index in [2.05, 4.69) is 21.3 Å². The summed E-state index contributed by atoms with van der Waals surface area (Å²) in [7, 11) is 0. The van der Waals surface area contributed by atoms with E-state index in [9.17, 15) is 33.9 Å². The fourth-order valence-corrected chi connectivity index (χ4v) is 3.09. The Bertz CT molecular complexity index is 932. The number of nitrogens with one attached hydrogen (secondary N) is 4. The van der Waals surface area contributed by atoms with Crippen LogP contribution in [0.4, 0.5) is 0 Å². The van der Waals surface area contributed by atoms with Crippen molar-refractivity contribution in [2.45, 2.75) is 64.7 Å². The number of aromatic hydroxyl groups is 1. The van der Waals surface area contributed by atoms with Crippen molar-refractivity contribution in [3.05, 3.63) is 29.8 Å². The fourth-order valence-electron chi connectivity index (χ4n) is 3.09. The molecule has 35 heavy (non-hydrogen) atoms. The summed E-state index contributed by atoms with van der Waals surface area (Å²) in [6.45, 7) is 5.93. The lowest BCUT2D eigenvalue weighted by Crippen LogP contribution is -2.58. The number of amides is 4. The first kappa shape index (κ1) is 29.1. The van der Waals surface area contributed by atoms with Crippen LogP contribution in [0.1, 0.15) is 39.7 Å². The number of hydrogen-bond donors (Lipinski definition) is 6. The van der Waals surface area contributed by atoms with Crippen LogP contribution < -0.4 is 21.3 Å². The minimum Gasteiger partial charge on any atom is -0.508 e. The second-order valence-electron chi connectivity index (χ2n) is 8.39. The standard InChI is InChI=1S/C23H32N4O8/c1-12(2)19(22(33)24-13(3)20(31)26-17(9-10-28)23(34)35)27-21(32)18(25-14(4)29)11-15-5-7-16(30)8-6-15/h5-8,10,12-13,17-19,30H,9,11H2,1-4H3,(H,24,33)(H,25,29)(H,26,31)(H,27,32)(H,34,35)/t13-,17-,18-,19-/m0/s1. The molecule has 0 heterocycles. The largest absolute Gasteiger partial charge is 0.508 e. The van der Waals surface area contributed by atoms with Crippen LogP contribution in [0.25, 0.3) is 0 Å². The lowest BCUT2D eigenvalue weighted by Gasteiger charge is -2.26. The van der Waals surface area contributed by atoms with Gasteiger partial charge in [0, 0.05) is 19.8 Å². The number of carboxylic acid groups (broad SMARTS) is 1. The minimum absolute atomic E-state index is 0.0461. The van der Waals surface area contributed by atoms with E-state index in [1.165, 1.54) is 26.0 Å². The van der Waals surface area contributed by atoms with Crippen molar-refractivity contribution >= 4 is 35.9 Å². The quantitative estimate of drug-likeness (QED) is 0.194. The molecule has 4 amide bonds. The van der Waals surface area contributed by atoms with Crippen LogP contribution in [0.2, 0.25) is 0 Å². The summed E-state index contributed by atoms with van der Waals surface area (Å²) in [6, 6.07) is 1.41. The van der Waals surface area contributed by atoms with Crippen LogP contribution >= 0.6 is 0 Å². The molecule has 0 fully saturated rings. The zero-order valence-electron chi connectivity index (χ0n) is 20.0. The second kappa shape index (κ2) is 13.7. The molecule has 0 spiro atoms. The van der Waals surface area contributed by atoms with Crippen LogP contribution in [0.5, 0.6) is 5.75 Å². The van der Waals surface area contributed by atoms with Crippen LogP contribution in [0, 0.1) is 5.92 Å².